The van der Waals surface area contributed by atoms with Gasteiger partial charge in [-0.15, -0.1) is 0 Å². The molecule has 6 heteroatoms. The number of methoxy groups -OCH3 is 1. The summed E-state index contributed by atoms with van der Waals surface area (Å²) in [5, 5.41) is 5.62. The molecule has 0 aromatic carbocycles. The van der Waals surface area contributed by atoms with Crippen LogP contribution >= 0.6 is 0 Å². The Hall–Kier alpha value is -1.69. The van der Waals surface area contributed by atoms with Crippen LogP contribution < -0.4 is 10.6 Å². The van der Waals surface area contributed by atoms with E-state index in [4.69, 9.17) is 4.74 Å². The van der Waals surface area contributed by atoms with Crippen LogP contribution in [-0.4, -0.2) is 37.7 Å². The molecular formula is C12H18FN3O2. The molecule has 0 aliphatic rings. The van der Waals surface area contributed by atoms with E-state index in [1.807, 2.05) is 6.92 Å². The van der Waals surface area contributed by atoms with Gasteiger partial charge in [-0.25, -0.2) is 9.37 Å². The van der Waals surface area contributed by atoms with Crippen LogP contribution in [0, 0.1) is 5.82 Å². The fraction of sp³-hybridized carbons (Fsp3) is 0.500. The minimum atomic E-state index is -0.529. The predicted molar refractivity (Wildman–Crippen MR) is 67.2 cm³/mol. The van der Waals surface area contributed by atoms with Crippen molar-refractivity contribution in [2.45, 2.75) is 13.3 Å². The van der Waals surface area contributed by atoms with E-state index >= 15 is 0 Å². The van der Waals surface area contributed by atoms with Crippen LogP contribution in [-0.2, 0) is 4.74 Å². The molecule has 0 saturated carbocycles. The molecular weight excluding hydrogens is 237 g/mol. The van der Waals surface area contributed by atoms with E-state index in [0.717, 1.165) is 6.20 Å². The number of aromatic nitrogens is 1. The summed E-state index contributed by atoms with van der Waals surface area (Å²) in [5.74, 6) is -0.476. The lowest BCUT2D eigenvalue weighted by Crippen LogP contribution is -2.26. The van der Waals surface area contributed by atoms with E-state index in [1.54, 1.807) is 7.11 Å². The molecule has 1 amide bonds. The Morgan fingerprint density at radius 3 is 3.00 bits per heavy atom. The number of ether oxygens (including phenoxy) is 1. The molecule has 0 aliphatic carbocycles. The van der Waals surface area contributed by atoms with Crippen LogP contribution in [0.1, 0.15) is 23.7 Å². The van der Waals surface area contributed by atoms with Gasteiger partial charge < -0.3 is 15.4 Å². The third-order valence-corrected chi connectivity index (χ3v) is 2.25. The van der Waals surface area contributed by atoms with Crippen molar-refractivity contribution in [1.82, 2.24) is 10.3 Å². The number of carbonyl (C=O) groups excluding carboxylic acids is 1. The standard InChI is InChI=1S/C12H18FN3O2/c1-3-14-11-10(7-9(13)8-16-11)12(17)15-5-4-6-18-2/h7-8H,3-6H2,1-2H3,(H,14,16)(H,15,17). The number of amides is 1. The maximum absolute atomic E-state index is 13.1. The highest BCUT2D eigenvalue weighted by molar-refractivity contribution is 5.98. The molecule has 0 bridgehead atoms. The number of halogens is 1. The number of nitrogens with zero attached hydrogens (tertiary/aromatic N) is 1. The van der Waals surface area contributed by atoms with Gasteiger partial charge >= 0.3 is 0 Å². The Morgan fingerprint density at radius 1 is 1.56 bits per heavy atom. The fourth-order valence-corrected chi connectivity index (χ4v) is 1.43. The highest BCUT2D eigenvalue weighted by atomic mass is 19.1. The van der Waals surface area contributed by atoms with Crippen molar-refractivity contribution in [3.63, 3.8) is 0 Å². The first-order valence-corrected chi connectivity index (χ1v) is 5.85. The third-order valence-electron chi connectivity index (χ3n) is 2.25. The van der Waals surface area contributed by atoms with E-state index < -0.39 is 5.82 Å². The van der Waals surface area contributed by atoms with E-state index in [-0.39, 0.29) is 11.5 Å². The minimum absolute atomic E-state index is 0.217. The number of pyridine rings is 1. The summed E-state index contributed by atoms with van der Waals surface area (Å²) in [6.07, 6.45) is 1.79. The Morgan fingerprint density at radius 2 is 2.33 bits per heavy atom. The molecule has 1 aromatic rings. The van der Waals surface area contributed by atoms with Crippen molar-refractivity contribution in [3.8, 4) is 0 Å². The topological polar surface area (TPSA) is 63.2 Å². The van der Waals surface area contributed by atoms with Crippen molar-refractivity contribution in [2.24, 2.45) is 0 Å². The SMILES string of the molecule is CCNc1ncc(F)cc1C(=O)NCCCOC. The molecule has 0 saturated heterocycles. The van der Waals surface area contributed by atoms with Gasteiger partial charge in [0.2, 0.25) is 0 Å². The highest BCUT2D eigenvalue weighted by Crippen LogP contribution is 2.13. The number of hydrogen-bond donors (Lipinski definition) is 2. The molecule has 1 heterocycles. The molecule has 2 N–H and O–H groups in total. The first-order chi connectivity index (χ1) is 8.69. The largest absolute Gasteiger partial charge is 0.385 e. The van der Waals surface area contributed by atoms with Crippen LogP contribution in [0.3, 0.4) is 0 Å². The second-order valence-corrected chi connectivity index (χ2v) is 3.68. The Bertz CT molecular complexity index is 399. The van der Waals surface area contributed by atoms with Crippen LogP contribution in [0.25, 0.3) is 0 Å². The van der Waals surface area contributed by atoms with Crippen LogP contribution in [0.4, 0.5) is 10.2 Å². The lowest BCUT2D eigenvalue weighted by molar-refractivity contribution is 0.0948. The number of carbonyl (C=O) groups is 1. The summed E-state index contributed by atoms with van der Waals surface area (Å²) < 4.78 is 18.0. The van der Waals surface area contributed by atoms with Gasteiger partial charge in [-0.3, -0.25) is 4.79 Å². The molecule has 0 atom stereocenters. The summed E-state index contributed by atoms with van der Waals surface area (Å²) in [6.45, 7) is 3.55. The molecule has 0 unspecified atom stereocenters. The number of nitrogens with one attached hydrogen (secondary N) is 2. The van der Waals surface area contributed by atoms with Gasteiger partial charge in [0.15, 0.2) is 0 Å². The first kappa shape index (κ1) is 14.4. The van der Waals surface area contributed by atoms with Gasteiger partial charge in [0, 0.05) is 26.8 Å². The minimum Gasteiger partial charge on any atom is -0.385 e. The molecule has 0 radical (unpaired) electrons. The first-order valence-electron chi connectivity index (χ1n) is 5.85. The van der Waals surface area contributed by atoms with Crippen molar-refractivity contribution < 1.29 is 13.9 Å². The third kappa shape index (κ3) is 4.29. The smallest absolute Gasteiger partial charge is 0.255 e. The zero-order chi connectivity index (χ0) is 13.4. The lowest BCUT2D eigenvalue weighted by atomic mass is 10.2. The lowest BCUT2D eigenvalue weighted by Gasteiger charge is -2.10. The molecule has 18 heavy (non-hydrogen) atoms. The van der Waals surface area contributed by atoms with Crippen molar-refractivity contribution in [2.75, 3.05) is 32.1 Å². The second-order valence-electron chi connectivity index (χ2n) is 3.68. The molecule has 1 aromatic heterocycles. The van der Waals surface area contributed by atoms with E-state index in [0.29, 0.717) is 31.9 Å². The van der Waals surface area contributed by atoms with E-state index in [9.17, 15) is 9.18 Å². The molecule has 5 nitrogen and oxygen atoms in total. The molecule has 0 spiro atoms. The highest BCUT2D eigenvalue weighted by Gasteiger charge is 2.13. The molecule has 100 valence electrons. The number of rotatable bonds is 7. The van der Waals surface area contributed by atoms with Crippen molar-refractivity contribution in [3.05, 3.63) is 23.6 Å². The van der Waals surface area contributed by atoms with Crippen LogP contribution in [0.5, 0.6) is 0 Å². The van der Waals surface area contributed by atoms with Gasteiger partial charge in [0.1, 0.15) is 11.6 Å². The quantitative estimate of drug-likeness (QED) is 0.723. The number of hydrogen-bond acceptors (Lipinski definition) is 4. The average Bonchev–Trinajstić information content (AvgIpc) is 2.37. The van der Waals surface area contributed by atoms with Crippen molar-refractivity contribution >= 4 is 11.7 Å². The summed E-state index contributed by atoms with van der Waals surface area (Å²) in [5.41, 5.74) is 0.217. The predicted octanol–water partition coefficient (Wildman–Crippen LogP) is 1.42. The Kier molecular flexibility index (Phi) is 6.07. The summed E-state index contributed by atoms with van der Waals surface area (Å²) in [4.78, 5) is 15.7. The summed E-state index contributed by atoms with van der Waals surface area (Å²) >= 11 is 0. The molecule has 0 aliphatic heterocycles. The van der Waals surface area contributed by atoms with Gasteiger partial charge in [0.05, 0.1) is 11.8 Å². The summed E-state index contributed by atoms with van der Waals surface area (Å²) in [6, 6.07) is 1.18. The van der Waals surface area contributed by atoms with Crippen LogP contribution in [0.2, 0.25) is 0 Å². The van der Waals surface area contributed by atoms with Gasteiger partial charge in [-0.05, 0) is 19.4 Å². The zero-order valence-corrected chi connectivity index (χ0v) is 10.6. The van der Waals surface area contributed by atoms with E-state index in [1.165, 1.54) is 6.07 Å². The Balaban J connectivity index is 2.67. The number of anilines is 1. The monoisotopic (exact) mass is 255 g/mol. The zero-order valence-electron chi connectivity index (χ0n) is 10.6. The van der Waals surface area contributed by atoms with Crippen molar-refractivity contribution in [1.29, 1.82) is 0 Å². The van der Waals surface area contributed by atoms with Gasteiger partial charge in [0.25, 0.3) is 5.91 Å². The van der Waals surface area contributed by atoms with Gasteiger partial charge in [-0.2, -0.15) is 0 Å². The fourth-order valence-electron chi connectivity index (χ4n) is 1.43. The maximum Gasteiger partial charge on any atom is 0.255 e. The summed E-state index contributed by atoms with van der Waals surface area (Å²) in [7, 11) is 1.60. The van der Waals surface area contributed by atoms with Gasteiger partial charge in [-0.1, -0.05) is 0 Å². The van der Waals surface area contributed by atoms with Crippen LogP contribution in [0.15, 0.2) is 12.3 Å². The Labute approximate surface area is 106 Å². The second kappa shape index (κ2) is 7.60. The average molecular weight is 255 g/mol. The maximum atomic E-state index is 13.1. The normalized spacial score (nSPS) is 10.2. The molecule has 0 fully saturated rings. The van der Waals surface area contributed by atoms with E-state index in [2.05, 4.69) is 15.6 Å². The molecule has 1 rings (SSSR count).